The zero-order valence-electron chi connectivity index (χ0n) is 8.72. The molecule has 0 bridgehead atoms. The van der Waals surface area contributed by atoms with Crippen LogP contribution in [0.2, 0.25) is 0 Å². The summed E-state index contributed by atoms with van der Waals surface area (Å²) < 4.78 is 0. The van der Waals surface area contributed by atoms with Crippen LogP contribution < -0.4 is 11.1 Å². The van der Waals surface area contributed by atoms with Crippen LogP contribution in [0, 0.1) is 5.41 Å². The molecule has 1 heterocycles. The predicted molar refractivity (Wildman–Crippen MR) is 55.7 cm³/mol. The summed E-state index contributed by atoms with van der Waals surface area (Å²) in [6.45, 7) is 1.06. The molecule has 0 aromatic rings. The van der Waals surface area contributed by atoms with Gasteiger partial charge in [0.2, 0.25) is 5.91 Å². The van der Waals surface area contributed by atoms with Gasteiger partial charge in [-0.2, -0.15) is 0 Å². The van der Waals surface area contributed by atoms with E-state index in [0.29, 0.717) is 6.04 Å². The van der Waals surface area contributed by atoms with Gasteiger partial charge in [0.15, 0.2) is 0 Å². The van der Waals surface area contributed by atoms with Crippen molar-refractivity contribution in [1.29, 1.82) is 0 Å². The molecule has 1 saturated carbocycles. The molecule has 0 spiro atoms. The summed E-state index contributed by atoms with van der Waals surface area (Å²) in [7, 11) is 0. The van der Waals surface area contributed by atoms with Gasteiger partial charge in [-0.15, -0.1) is 0 Å². The smallest absolute Gasteiger partial charge is 0.225 e. The summed E-state index contributed by atoms with van der Waals surface area (Å²) in [6, 6.07) is 0.358. The standard InChI is InChI=1S/C11H20N2O/c12-10(14)11(6-2-3-7-11)9-5-1-4-8-13-9/h9,13H,1-8H2,(H2,12,14). The Bertz CT molecular complexity index is 215. The third-order valence-electron chi connectivity index (χ3n) is 3.96. The third-order valence-corrected chi connectivity index (χ3v) is 3.96. The second-order valence-electron chi connectivity index (χ2n) is 4.73. The maximum atomic E-state index is 11.6. The minimum Gasteiger partial charge on any atom is -0.369 e. The summed E-state index contributed by atoms with van der Waals surface area (Å²) in [6.07, 6.45) is 7.95. The molecule has 2 rings (SSSR count). The second kappa shape index (κ2) is 3.89. The number of nitrogens with two attached hydrogens (primary N) is 1. The molecule has 3 N–H and O–H groups in total. The molecule has 0 aromatic carbocycles. The molecular formula is C11H20N2O. The molecule has 1 amide bonds. The summed E-state index contributed by atoms with van der Waals surface area (Å²) in [5, 5.41) is 3.48. The van der Waals surface area contributed by atoms with Crippen LogP contribution in [0.3, 0.4) is 0 Å². The molecule has 1 aliphatic carbocycles. The maximum absolute atomic E-state index is 11.6. The van der Waals surface area contributed by atoms with Crippen LogP contribution in [0.25, 0.3) is 0 Å². The van der Waals surface area contributed by atoms with Crippen molar-refractivity contribution in [2.75, 3.05) is 6.54 Å². The van der Waals surface area contributed by atoms with Gasteiger partial charge < -0.3 is 11.1 Å². The van der Waals surface area contributed by atoms with Crippen molar-refractivity contribution in [2.45, 2.75) is 51.0 Å². The Morgan fingerprint density at radius 2 is 1.93 bits per heavy atom. The minimum atomic E-state index is -0.208. The van der Waals surface area contributed by atoms with E-state index in [9.17, 15) is 4.79 Å². The number of hydrogen-bond donors (Lipinski definition) is 2. The lowest BCUT2D eigenvalue weighted by Crippen LogP contribution is -2.53. The molecule has 14 heavy (non-hydrogen) atoms. The largest absolute Gasteiger partial charge is 0.369 e. The Balaban J connectivity index is 2.12. The molecule has 1 aliphatic heterocycles. The van der Waals surface area contributed by atoms with E-state index in [2.05, 4.69) is 5.32 Å². The molecule has 1 unspecified atom stereocenters. The van der Waals surface area contributed by atoms with Gasteiger partial charge in [0.05, 0.1) is 5.41 Å². The average molecular weight is 196 g/mol. The lowest BCUT2D eigenvalue weighted by molar-refractivity contribution is -0.129. The minimum absolute atomic E-state index is 0.0746. The van der Waals surface area contributed by atoms with Crippen LogP contribution in [0.4, 0.5) is 0 Å². The first-order valence-electron chi connectivity index (χ1n) is 5.79. The molecule has 2 fully saturated rings. The highest BCUT2D eigenvalue weighted by atomic mass is 16.1. The Morgan fingerprint density at radius 1 is 1.21 bits per heavy atom. The maximum Gasteiger partial charge on any atom is 0.225 e. The molecule has 0 aromatic heterocycles. The summed E-state index contributed by atoms with van der Waals surface area (Å²) in [4.78, 5) is 11.6. The monoisotopic (exact) mass is 196 g/mol. The van der Waals surface area contributed by atoms with E-state index in [0.717, 1.165) is 25.8 Å². The summed E-state index contributed by atoms with van der Waals surface area (Å²) in [5.74, 6) is -0.0746. The highest BCUT2D eigenvalue weighted by molar-refractivity contribution is 5.82. The first-order valence-corrected chi connectivity index (χ1v) is 5.79. The van der Waals surface area contributed by atoms with Crippen molar-refractivity contribution in [3.63, 3.8) is 0 Å². The first kappa shape index (κ1) is 9.97. The van der Waals surface area contributed by atoms with E-state index < -0.39 is 0 Å². The van der Waals surface area contributed by atoms with Gasteiger partial charge in [-0.3, -0.25) is 4.79 Å². The number of amides is 1. The van der Waals surface area contributed by atoms with Gasteiger partial charge in [0, 0.05) is 6.04 Å². The van der Waals surface area contributed by atoms with Gasteiger partial charge in [0.25, 0.3) is 0 Å². The highest BCUT2D eigenvalue weighted by Crippen LogP contribution is 2.43. The van der Waals surface area contributed by atoms with Crippen LogP contribution in [0.15, 0.2) is 0 Å². The normalized spacial score (nSPS) is 31.6. The van der Waals surface area contributed by atoms with Crippen molar-refractivity contribution < 1.29 is 4.79 Å². The van der Waals surface area contributed by atoms with Crippen LogP contribution >= 0.6 is 0 Å². The fourth-order valence-electron chi connectivity index (χ4n) is 3.10. The molecule has 1 atom stereocenters. The topological polar surface area (TPSA) is 55.1 Å². The zero-order valence-corrected chi connectivity index (χ0v) is 8.72. The lowest BCUT2D eigenvalue weighted by atomic mass is 9.74. The molecular weight excluding hydrogens is 176 g/mol. The number of carbonyl (C=O) groups excluding carboxylic acids is 1. The molecule has 80 valence electrons. The fraction of sp³-hybridized carbons (Fsp3) is 0.909. The molecule has 0 radical (unpaired) electrons. The summed E-state index contributed by atoms with van der Waals surface area (Å²) >= 11 is 0. The van der Waals surface area contributed by atoms with Crippen molar-refractivity contribution >= 4 is 5.91 Å². The number of primary amides is 1. The van der Waals surface area contributed by atoms with Crippen LogP contribution in [0.1, 0.15) is 44.9 Å². The first-order chi connectivity index (χ1) is 6.76. The zero-order chi connectivity index (χ0) is 10.0. The number of nitrogens with one attached hydrogen (secondary N) is 1. The predicted octanol–water partition coefficient (Wildman–Crippen LogP) is 1.17. The molecule has 3 heteroatoms. The number of rotatable bonds is 2. The van der Waals surface area contributed by atoms with Crippen LogP contribution in [-0.2, 0) is 4.79 Å². The Kier molecular flexibility index (Phi) is 2.77. The van der Waals surface area contributed by atoms with E-state index in [1.54, 1.807) is 0 Å². The van der Waals surface area contributed by atoms with E-state index in [-0.39, 0.29) is 11.3 Å². The van der Waals surface area contributed by atoms with E-state index >= 15 is 0 Å². The van der Waals surface area contributed by atoms with Crippen molar-refractivity contribution in [3.05, 3.63) is 0 Å². The SMILES string of the molecule is NC(=O)C1(C2CCCCN2)CCCC1. The molecule has 2 aliphatic rings. The van der Waals surface area contributed by atoms with Crippen LogP contribution in [-0.4, -0.2) is 18.5 Å². The van der Waals surface area contributed by atoms with E-state index in [1.165, 1.54) is 25.7 Å². The lowest BCUT2D eigenvalue weighted by Gasteiger charge is -2.37. The second-order valence-corrected chi connectivity index (χ2v) is 4.73. The molecule has 1 saturated heterocycles. The van der Waals surface area contributed by atoms with Crippen molar-refractivity contribution in [1.82, 2.24) is 5.32 Å². The van der Waals surface area contributed by atoms with Crippen molar-refractivity contribution in [3.8, 4) is 0 Å². The van der Waals surface area contributed by atoms with Gasteiger partial charge >= 0.3 is 0 Å². The third kappa shape index (κ3) is 1.54. The number of hydrogen-bond acceptors (Lipinski definition) is 2. The van der Waals surface area contributed by atoms with E-state index in [1.807, 2.05) is 0 Å². The van der Waals surface area contributed by atoms with E-state index in [4.69, 9.17) is 5.73 Å². The number of carbonyl (C=O) groups is 1. The van der Waals surface area contributed by atoms with Crippen LogP contribution in [0.5, 0.6) is 0 Å². The quantitative estimate of drug-likeness (QED) is 0.696. The van der Waals surface area contributed by atoms with Gasteiger partial charge in [-0.25, -0.2) is 0 Å². The Labute approximate surface area is 85.4 Å². The van der Waals surface area contributed by atoms with Gasteiger partial charge in [0.1, 0.15) is 0 Å². The average Bonchev–Trinajstić information content (AvgIpc) is 2.69. The summed E-state index contributed by atoms with van der Waals surface area (Å²) in [5.41, 5.74) is 5.38. The highest BCUT2D eigenvalue weighted by Gasteiger charge is 2.46. The Hall–Kier alpha value is -0.570. The fourth-order valence-corrected chi connectivity index (χ4v) is 3.10. The Morgan fingerprint density at radius 3 is 2.43 bits per heavy atom. The number of piperidine rings is 1. The van der Waals surface area contributed by atoms with Crippen molar-refractivity contribution in [2.24, 2.45) is 11.1 Å². The van der Waals surface area contributed by atoms with Gasteiger partial charge in [-0.05, 0) is 32.2 Å². The van der Waals surface area contributed by atoms with Gasteiger partial charge in [-0.1, -0.05) is 19.3 Å². The molecule has 3 nitrogen and oxygen atoms in total.